The zero-order valence-electron chi connectivity index (χ0n) is 10.4. The molecule has 1 aromatic carbocycles. The molecular weight excluding hydrogens is 328 g/mol. The minimum Gasteiger partial charge on any atom is -0.258 e. The lowest BCUT2D eigenvalue weighted by molar-refractivity contribution is -0.387. The standard InChI is InChI=1S/C13H11BrN2O2S/c1-8-5-9(2)15-13(6-8)19-12-4-3-10(14)7-11(12)16(17)18/h3-7H,1-2H3. The van der Waals surface area contributed by atoms with Crippen LogP contribution in [0.3, 0.4) is 0 Å². The van der Waals surface area contributed by atoms with Crippen LogP contribution >= 0.6 is 27.7 Å². The number of aromatic nitrogens is 1. The van der Waals surface area contributed by atoms with Gasteiger partial charge in [0.25, 0.3) is 5.69 Å². The predicted molar refractivity (Wildman–Crippen MR) is 78.6 cm³/mol. The summed E-state index contributed by atoms with van der Waals surface area (Å²) >= 11 is 4.55. The Morgan fingerprint density at radius 3 is 2.63 bits per heavy atom. The Morgan fingerprint density at radius 1 is 1.26 bits per heavy atom. The summed E-state index contributed by atoms with van der Waals surface area (Å²) in [6.07, 6.45) is 0. The van der Waals surface area contributed by atoms with Crippen LogP contribution in [0.5, 0.6) is 0 Å². The first-order chi connectivity index (χ1) is 8.95. The number of nitro groups is 1. The Morgan fingerprint density at radius 2 is 2.00 bits per heavy atom. The van der Waals surface area contributed by atoms with Crippen molar-refractivity contribution in [2.45, 2.75) is 23.8 Å². The molecule has 6 heteroatoms. The van der Waals surface area contributed by atoms with Gasteiger partial charge >= 0.3 is 0 Å². The van der Waals surface area contributed by atoms with Gasteiger partial charge in [-0.05, 0) is 43.7 Å². The van der Waals surface area contributed by atoms with Crippen molar-refractivity contribution in [1.29, 1.82) is 0 Å². The smallest absolute Gasteiger partial charge is 0.258 e. The number of pyridine rings is 1. The molecule has 0 aliphatic heterocycles. The molecule has 19 heavy (non-hydrogen) atoms. The minimum absolute atomic E-state index is 0.0836. The maximum absolute atomic E-state index is 11.0. The van der Waals surface area contributed by atoms with E-state index in [9.17, 15) is 10.1 Å². The van der Waals surface area contributed by atoms with Crippen molar-refractivity contribution < 1.29 is 4.92 Å². The molecular formula is C13H11BrN2O2S. The molecule has 4 nitrogen and oxygen atoms in total. The number of aryl methyl sites for hydroxylation is 2. The lowest BCUT2D eigenvalue weighted by Gasteiger charge is -2.05. The summed E-state index contributed by atoms with van der Waals surface area (Å²) in [5.74, 6) is 0. The van der Waals surface area contributed by atoms with Gasteiger partial charge in [-0.15, -0.1) is 0 Å². The predicted octanol–water partition coefficient (Wildman–Crippen LogP) is 4.52. The van der Waals surface area contributed by atoms with E-state index in [0.717, 1.165) is 16.3 Å². The Labute approximate surface area is 123 Å². The lowest BCUT2D eigenvalue weighted by atomic mass is 10.3. The van der Waals surface area contributed by atoms with Crippen LogP contribution in [-0.2, 0) is 0 Å². The van der Waals surface area contributed by atoms with Crippen LogP contribution in [-0.4, -0.2) is 9.91 Å². The quantitative estimate of drug-likeness (QED) is 0.609. The van der Waals surface area contributed by atoms with Gasteiger partial charge in [-0.1, -0.05) is 27.7 Å². The zero-order valence-corrected chi connectivity index (χ0v) is 12.8. The minimum atomic E-state index is -0.379. The van der Waals surface area contributed by atoms with Crippen molar-refractivity contribution in [3.8, 4) is 0 Å². The average molecular weight is 339 g/mol. The largest absolute Gasteiger partial charge is 0.284 e. The Bertz CT molecular complexity index is 626. The lowest BCUT2D eigenvalue weighted by Crippen LogP contribution is -1.92. The summed E-state index contributed by atoms with van der Waals surface area (Å²) in [4.78, 5) is 15.6. The van der Waals surface area contributed by atoms with Gasteiger partial charge in [0.2, 0.25) is 0 Å². The van der Waals surface area contributed by atoms with E-state index in [1.807, 2.05) is 26.0 Å². The zero-order chi connectivity index (χ0) is 14.0. The van der Waals surface area contributed by atoms with Gasteiger partial charge in [0, 0.05) is 16.2 Å². The van der Waals surface area contributed by atoms with Crippen molar-refractivity contribution in [2.24, 2.45) is 0 Å². The monoisotopic (exact) mass is 338 g/mol. The van der Waals surface area contributed by atoms with E-state index in [4.69, 9.17) is 0 Å². The summed E-state index contributed by atoms with van der Waals surface area (Å²) in [6.45, 7) is 3.89. The highest BCUT2D eigenvalue weighted by Gasteiger charge is 2.16. The third kappa shape index (κ3) is 3.54. The molecule has 0 bridgehead atoms. The van der Waals surface area contributed by atoms with E-state index in [1.165, 1.54) is 17.8 Å². The molecule has 0 fully saturated rings. The molecule has 0 atom stereocenters. The van der Waals surface area contributed by atoms with Crippen LogP contribution in [0.4, 0.5) is 5.69 Å². The first-order valence-electron chi connectivity index (χ1n) is 5.53. The Hall–Kier alpha value is -1.40. The van der Waals surface area contributed by atoms with Gasteiger partial charge in [-0.2, -0.15) is 0 Å². The summed E-state index contributed by atoms with van der Waals surface area (Å²) in [5.41, 5.74) is 2.08. The molecule has 0 saturated heterocycles. The van der Waals surface area contributed by atoms with Crippen LogP contribution < -0.4 is 0 Å². The van der Waals surface area contributed by atoms with Gasteiger partial charge in [0.1, 0.15) is 5.03 Å². The molecule has 2 rings (SSSR count). The number of nitrogens with zero attached hydrogens (tertiary/aromatic N) is 2. The first kappa shape index (κ1) is 14.0. The molecule has 0 radical (unpaired) electrons. The Kier molecular flexibility index (Phi) is 4.21. The van der Waals surface area contributed by atoms with Crippen molar-refractivity contribution in [1.82, 2.24) is 4.98 Å². The molecule has 1 heterocycles. The fourth-order valence-corrected chi connectivity index (χ4v) is 3.07. The van der Waals surface area contributed by atoms with Crippen LogP contribution in [0.25, 0.3) is 0 Å². The number of hydrogen-bond acceptors (Lipinski definition) is 4. The second kappa shape index (κ2) is 5.71. The molecule has 0 N–H and O–H groups in total. The maximum Gasteiger partial charge on any atom is 0.284 e. The molecule has 1 aromatic heterocycles. The molecule has 0 aliphatic rings. The number of benzene rings is 1. The van der Waals surface area contributed by atoms with Gasteiger partial charge < -0.3 is 0 Å². The fourth-order valence-electron chi connectivity index (χ4n) is 1.69. The van der Waals surface area contributed by atoms with Gasteiger partial charge in [-0.25, -0.2) is 4.98 Å². The second-order valence-electron chi connectivity index (χ2n) is 4.10. The summed E-state index contributed by atoms with van der Waals surface area (Å²) < 4.78 is 0.692. The fraction of sp³-hybridized carbons (Fsp3) is 0.154. The molecule has 0 saturated carbocycles. The third-order valence-corrected chi connectivity index (χ3v) is 3.88. The van der Waals surface area contributed by atoms with Crippen LogP contribution in [0, 0.1) is 24.0 Å². The second-order valence-corrected chi connectivity index (χ2v) is 6.07. The highest BCUT2D eigenvalue weighted by atomic mass is 79.9. The van der Waals surface area contributed by atoms with E-state index < -0.39 is 0 Å². The van der Waals surface area contributed by atoms with E-state index in [-0.39, 0.29) is 10.6 Å². The number of hydrogen-bond donors (Lipinski definition) is 0. The summed E-state index contributed by atoms with van der Waals surface area (Å²) in [5, 5.41) is 11.8. The number of nitro benzene ring substituents is 1. The highest BCUT2D eigenvalue weighted by molar-refractivity contribution is 9.10. The molecule has 0 spiro atoms. The first-order valence-corrected chi connectivity index (χ1v) is 7.14. The van der Waals surface area contributed by atoms with Crippen LogP contribution in [0.1, 0.15) is 11.3 Å². The van der Waals surface area contributed by atoms with E-state index in [1.54, 1.807) is 12.1 Å². The van der Waals surface area contributed by atoms with E-state index >= 15 is 0 Å². The maximum atomic E-state index is 11.0. The van der Waals surface area contributed by atoms with Crippen molar-refractivity contribution in [2.75, 3.05) is 0 Å². The molecule has 98 valence electrons. The molecule has 0 amide bonds. The van der Waals surface area contributed by atoms with Crippen molar-refractivity contribution in [3.63, 3.8) is 0 Å². The molecule has 2 aromatic rings. The van der Waals surface area contributed by atoms with Crippen molar-refractivity contribution >= 4 is 33.4 Å². The SMILES string of the molecule is Cc1cc(C)nc(Sc2ccc(Br)cc2[N+](=O)[O-])c1. The number of rotatable bonds is 3. The number of halogens is 1. The van der Waals surface area contributed by atoms with Crippen molar-refractivity contribution in [3.05, 3.63) is 56.2 Å². The normalized spacial score (nSPS) is 10.5. The van der Waals surface area contributed by atoms with E-state index in [0.29, 0.717) is 9.37 Å². The van der Waals surface area contributed by atoms with E-state index in [2.05, 4.69) is 20.9 Å². The third-order valence-electron chi connectivity index (χ3n) is 2.41. The topological polar surface area (TPSA) is 56.0 Å². The summed E-state index contributed by atoms with van der Waals surface area (Å²) in [7, 11) is 0. The average Bonchev–Trinajstić information content (AvgIpc) is 2.30. The molecule has 0 aliphatic carbocycles. The van der Waals surface area contributed by atoms with Crippen LogP contribution in [0.15, 0.2) is 44.7 Å². The van der Waals surface area contributed by atoms with Gasteiger partial charge in [-0.3, -0.25) is 10.1 Å². The molecule has 0 unspecified atom stereocenters. The van der Waals surface area contributed by atoms with Gasteiger partial charge in [0.05, 0.1) is 9.82 Å². The summed E-state index contributed by atoms with van der Waals surface area (Å²) in [6, 6.07) is 8.92. The highest BCUT2D eigenvalue weighted by Crippen LogP contribution is 2.35. The van der Waals surface area contributed by atoms with Crippen LogP contribution in [0.2, 0.25) is 0 Å². The Balaban J connectivity index is 2.40. The van der Waals surface area contributed by atoms with Gasteiger partial charge in [0.15, 0.2) is 0 Å².